The van der Waals surface area contributed by atoms with Gasteiger partial charge in [0.2, 0.25) is 10.0 Å². The van der Waals surface area contributed by atoms with E-state index in [1.54, 1.807) is 42.5 Å². The van der Waals surface area contributed by atoms with E-state index >= 15 is 0 Å². The van der Waals surface area contributed by atoms with Crippen LogP contribution in [0.15, 0.2) is 77.7 Å². The Morgan fingerprint density at radius 2 is 1.72 bits per heavy atom. The van der Waals surface area contributed by atoms with Crippen molar-refractivity contribution in [1.29, 1.82) is 0 Å². The Kier molecular flexibility index (Phi) is 6.65. The van der Waals surface area contributed by atoms with Crippen LogP contribution in [0.1, 0.15) is 34.7 Å². The fourth-order valence-electron chi connectivity index (χ4n) is 3.96. The van der Waals surface area contributed by atoms with Gasteiger partial charge in [-0.2, -0.15) is 4.31 Å². The molecule has 0 radical (unpaired) electrons. The van der Waals surface area contributed by atoms with E-state index in [1.165, 1.54) is 4.31 Å². The fourth-order valence-corrected chi connectivity index (χ4v) is 5.76. The number of carbonyl (C=O) groups excluding carboxylic acids is 1. The van der Waals surface area contributed by atoms with Crippen LogP contribution >= 0.6 is 11.6 Å². The summed E-state index contributed by atoms with van der Waals surface area (Å²) >= 11 is 6.15. The molecule has 32 heavy (non-hydrogen) atoms. The Hall–Kier alpha value is -2.67. The van der Waals surface area contributed by atoms with E-state index in [1.807, 2.05) is 37.3 Å². The minimum absolute atomic E-state index is 0.0393. The first kappa shape index (κ1) is 22.5. The summed E-state index contributed by atoms with van der Waals surface area (Å²) in [5.41, 5.74) is 3.57. The Balaban J connectivity index is 1.60. The molecule has 0 amide bonds. The topological polar surface area (TPSA) is 63.7 Å². The van der Waals surface area contributed by atoms with Crippen molar-refractivity contribution < 1.29 is 17.9 Å². The molecule has 1 unspecified atom stereocenters. The maximum Gasteiger partial charge on any atom is 0.308 e. The minimum Gasteiger partial charge on any atom is -0.461 e. The Bertz CT molecular complexity index is 1220. The summed E-state index contributed by atoms with van der Waals surface area (Å²) in [7, 11) is -3.79. The van der Waals surface area contributed by atoms with Crippen LogP contribution in [0.2, 0.25) is 5.02 Å². The van der Waals surface area contributed by atoms with Crippen LogP contribution in [0.4, 0.5) is 0 Å². The molecule has 0 aliphatic carbocycles. The predicted octanol–water partition coefficient (Wildman–Crippen LogP) is 5.07. The number of carbonyl (C=O) groups is 1. The number of aryl methyl sites for hydroxylation is 1. The molecular weight excluding hydrogens is 446 g/mol. The standard InChI is InChI=1S/C25H24ClNO4S/c1-18-10-12-21(13-11-18)32(29,30)27-15-14-19-6-2-4-8-22(19)24(27)16-25(28)31-17-20-7-3-5-9-23(20)26/h2-13,24H,14-17H2,1H3. The number of fused-ring (bicyclic) bond motifs is 1. The molecule has 1 atom stereocenters. The molecule has 1 heterocycles. The zero-order chi connectivity index (χ0) is 22.7. The highest BCUT2D eigenvalue weighted by Crippen LogP contribution is 2.36. The molecule has 0 N–H and O–H groups in total. The number of ether oxygens (including phenoxy) is 1. The summed E-state index contributed by atoms with van der Waals surface area (Å²) in [4.78, 5) is 13.0. The van der Waals surface area contributed by atoms with Gasteiger partial charge in [-0.15, -0.1) is 0 Å². The summed E-state index contributed by atoms with van der Waals surface area (Å²) in [5, 5.41) is 0.520. The van der Waals surface area contributed by atoms with E-state index in [4.69, 9.17) is 16.3 Å². The van der Waals surface area contributed by atoms with Gasteiger partial charge in [0.1, 0.15) is 6.61 Å². The highest BCUT2D eigenvalue weighted by atomic mass is 35.5. The molecule has 0 aromatic heterocycles. The van der Waals surface area contributed by atoms with Crippen molar-refractivity contribution in [2.24, 2.45) is 0 Å². The van der Waals surface area contributed by atoms with Crippen molar-refractivity contribution in [3.63, 3.8) is 0 Å². The molecule has 0 spiro atoms. The Labute approximate surface area is 193 Å². The van der Waals surface area contributed by atoms with E-state index in [2.05, 4.69) is 0 Å². The van der Waals surface area contributed by atoms with Crippen LogP contribution < -0.4 is 0 Å². The average Bonchev–Trinajstić information content (AvgIpc) is 2.79. The second-order valence-electron chi connectivity index (χ2n) is 7.85. The van der Waals surface area contributed by atoms with Gasteiger partial charge >= 0.3 is 5.97 Å². The maximum absolute atomic E-state index is 13.5. The van der Waals surface area contributed by atoms with Crippen molar-refractivity contribution in [2.45, 2.75) is 37.3 Å². The smallest absolute Gasteiger partial charge is 0.308 e. The van der Waals surface area contributed by atoms with E-state index in [0.29, 0.717) is 23.6 Å². The quantitative estimate of drug-likeness (QED) is 0.473. The van der Waals surface area contributed by atoms with E-state index in [9.17, 15) is 13.2 Å². The molecule has 5 nitrogen and oxygen atoms in total. The molecule has 3 aromatic carbocycles. The molecule has 0 saturated carbocycles. The summed E-state index contributed by atoms with van der Waals surface area (Å²) in [6.07, 6.45) is 0.513. The number of benzene rings is 3. The van der Waals surface area contributed by atoms with Crippen LogP contribution in [-0.4, -0.2) is 25.2 Å². The average molecular weight is 470 g/mol. The number of sulfonamides is 1. The number of halogens is 1. The number of hydrogen-bond donors (Lipinski definition) is 0. The lowest BCUT2D eigenvalue weighted by Crippen LogP contribution is -2.41. The molecule has 0 saturated heterocycles. The van der Waals surface area contributed by atoms with Gasteiger partial charge in [-0.05, 0) is 42.7 Å². The van der Waals surface area contributed by atoms with Gasteiger partial charge in [0.05, 0.1) is 17.4 Å². The first-order valence-corrected chi connectivity index (χ1v) is 12.2. The summed E-state index contributed by atoms with van der Waals surface area (Å²) in [6, 6.07) is 20.9. The molecule has 7 heteroatoms. The van der Waals surface area contributed by atoms with Crippen molar-refractivity contribution in [3.8, 4) is 0 Å². The molecule has 1 aliphatic heterocycles. The van der Waals surface area contributed by atoms with Gasteiger partial charge in [0.25, 0.3) is 0 Å². The third kappa shape index (κ3) is 4.72. The SMILES string of the molecule is Cc1ccc(S(=O)(=O)N2CCc3ccccc3C2CC(=O)OCc2ccccc2Cl)cc1. The van der Waals surface area contributed by atoms with Gasteiger partial charge in [0.15, 0.2) is 0 Å². The molecule has 166 valence electrons. The zero-order valence-electron chi connectivity index (χ0n) is 17.7. The number of nitrogens with zero attached hydrogens (tertiary/aromatic N) is 1. The summed E-state index contributed by atoms with van der Waals surface area (Å²) < 4.78 is 33.9. The van der Waals surface area contributed by atoms with Crippen LogP contribution in [-0.2, 0) is 32.6 Å². The van der Waals surface area contributed by atoms with Gasteiger partial charge in [-0.1, -0.05) is 71.8 Å². The first-order valence-electron chi connectivity index (χ1n) is 10.4. The number of esters is 1. The molecule has 0 bridgehead atoms. The van der Waals surface area contributed by atoms with Crippen LogP contribution in [0, 0.1) is 6.92 Å². The van der Waals surface area contributed by atoms with Crippen molar-refractivity contribution >= 4 is 27.6 Å². The van der Waals surface area contributed by atoms with Gasteiger partial charge in [-0.3, -0.25) is 4.79 Å². The fraction of sp³-hybridized carbons (Fsp3) is 0.240. The number of rotatable bonds is 6. The van der Waals surface area contributed by atoms with Crippen molar-refractivity contribution in [3.05, 3.63) is 100 Å². The predicted molar refractivity (Wildman–Crippen MR) is 124 cm³/mol. The molecule has 0 fully saturated rings. The monoisotopic (exact) mass is 469 g/mol. The van der Waals surface area contributed by atoms with Gasteiger partial charge in [-0.25, -0.2) is 8.42 Å². The molecule has 1 aliphatic rings. The normalized spacial score (nSPS) is 16.4. The first-order chi connectivity index (χ1) is 15.4. The second-order valence-corrected chi connectivity index (χ2v) is 10.1. The van der Waals surface area contributed by atoms with Crippen LogP contribution in [0.5, 0.6) is 0 Å². The lowest BCUT2D eigenvalue weighted by molar-refractivity contribution is -0.146. The highest BCUT2D eigenvalue weighted by molar-refractivity contribution is 7.89. The molecule has 3 aromatic rings. The number of hydrogen-bond acceptors (Lipinski definition) is 4. The lowest BCUT2D eigenvalue weighted by Gasteiger charge is -2.36. The van der Waals surface area contributed by atoms with Gasteiger partial charge < -0.3 is 4.74 Å². The summed E-state index contributed by atoms with van der Waals surface area (Å²) in [6.45, 7) is 2.25. The molecule has 4 rings (SSSR count). The van der Waals surface area contributed by atoms with E-state index in [-0.39, 0.29) is 17.9 Å². The largest absolute Gasteiger partial charge is 0.461 e. The van der Waals surface area contributed by atoms with Gasteiger partial charge in [0, 0.05) is 17.1 Å². The minimum atomic E-state index is -3.79. The van der Waals surface area contributed by atoms with E-state index in [0.717, 1.165) is 16.7 Å². The van der Waals surface area contributed by atoms with E-state index < -0.39 is 22.0 Å². The van der Waals surface area contributed by atoms with Crippen LogP contribution in [0.3, 0.4) is 0 Å². The van der Waals surface area contributed by atoms with Crippen LogP contribution in [0.25, 0.3) is 0 Å². The zero-order valence-corrected chi connectivity index (χ0v) is 19.3. The lowest BCUT2D eigenvalue weighted by atomic mass is 9.92. The maximum atomic E-state index is 13.5. The third-order valence-electron chi connectivity index (χ3n) is 5.70. The Morgan fingerprint density at radius 3 is 2.47 bits per heavy atom. The van der Waals surface area contributed by atoms with Crippen molar-refractivity contribution in [1.82, 2.24) is 4.31 Å². The Morgan fingerprint density at radius 1 is 1.03 bits per heavy atom. The third-order valence-corrected chi connectivity index (χ3v) is 7.99. The van der Waals surface area contributed by atoms with Crippen molar-refractivity contribution in [2.75, 3.05) is 6.54 Å². The molecular formula is C25H24ClNO4S. The summed E-state index contributed by atoms with van der Waals surface area (Å²) in [5.74, 6) is -0.476. The second kappa shape index (κ2) is 9.45. The highest BCUT2D eigenvalue weighted by Gasteiger charge is 2.37.